The number of methoxy groups -OCH3 is 1. The Hall–Kier alpha value is -1.30. The first-order chi connectivity index (χ1) is 8.01. The van der Waals surface area contributed by atoms with Gasteiger partial charge in [0.05, 0.1) is 24.4 Å². The Morgan fingerprint density at radius 3 is 2.76 bits per heavy atom. The largest absolute Gasteiger partial charge is 0.497 e. The van der Waals surface area contributed by atoms with Crippen LogP contribution in [0.2, 0.25) is 5.02 Å². The number of nitrogens with two attached hydrogens (primary N) is 1. The molecule has 1 unspecified atom stereocenters. The summed E-state index contributed by atoms with van der Waals surface area (Å²) in [7, 11) is 3.08. The zero-order valence-electron chi connectivity index (χ0n) is 9.68. The number of hydrogen-bond acceptors (Lipinski definition) is 4. The summed E-state index contributed by atoms with van der Waals surface area (Å²) in [6.07, 6.45) is 0. The Balaban J connectivity index is 2.96. The van der Waals surface area contributed by atoms with Crippen LogP contribution in [0.4, 0.5) is 5.69 Å². The van der Waals surface area contributed by atoms with Crippen molar-refractivity contribution in [2.45, 2.75) is 6.04 Å². The number of carbonyl (C=O) groups excluding carboxylic acids is 1. The van der Waals surface area contributed by atoms with Crippen LogP contribution in [0.5, 0.6) is 5.75 Å². The second-order valence-corrected chi connectivity index (χ2v) is 3.91. The molecule has 0 aliphatic heterocycles. The highest BCUT2D eigenvalue weighted by molar-refractivity contribution is 6.34. The second-order valence-electron chi connectivity index (χ2n) is 3.50. The molecule has 0 aliphatic carbocycles. The van der Waals surface area contributed by atoms with E-state index in [2.05, 4.69) is 0 Å². The lowest BCUT2D eigenvalue weighted by atomic mass is 10.2. The topological polar surface area (TPSA) is 75.8 Å². The van der Waals surface area contributed by atoms with Gasteiger partial charge in [-0.2, -0.15) is 0 Å². The Morgan fingerprint density at radius 2 is 2.29 bits per heavy atom. The minimum Gasteiger partial charge on any atom is -0.497 e. The number of carbonyl (C=O) groups is 1. The fourth-order valence-electron chi connectivity index (χ4n) is 1.33. The number of rotatable bonds is 4. The van der Waals surface area contributed by atoms with Crippen molar-refractivity contribution < 1.29 is 14.6 Å². The molecule has 1 atom stereocenters. The molecule has 0 saturated heterocycles. The fraction of sp³-hybridized carbons (Fsp3) is 0.364. The quantitative estimate of drug-likeness (QED) is 0.831. The standard InChI is InChI=1S/C11H15ClN2O3/c1-14(11(16)9(13)6-15)10-4-3-7(17-2)5-8(10)12/h3-5,9,15H,6,13H2,1-2H3. The molecule has 0 fully saturated rings. The van der Waals surface area contributed by atoms with Crippen molar-refractivity contribution in [3.05, 3.63) is 23.2 Å². The van der Waals surface area contributed by atoms with E-state index in [1.165, 1.54) is 12.0 Å². The van der Waals surface area contributed by atoms with Crippen molar-refractivity contribution in [3.8, 4) is 5.75 Å². The smallest absolute Gasteiger partial charge is 0.246 e. The van der Waals surface area contributed by atoms with Gasteiger partial charge in [-0.25, -0.2) is 0 Å². The summed E-state index contributed by atoms with van der Waals surface area (Å²) in [5.41, 5.74) is 5.97. The molecule has 0 aliphatic rings. The van der Waals surface area contributed by atoms with Crippen LogP contribution in [-0.2, 0) is 4.79 Å². The van der Waals surface area contributed by atoms with Gasteiger partial charge in [-0.15, -0.1) is 0 Å². The van der Waals surface area contributed by atoms with Gasteiger partial charge in [0.2, 0.25) is 5.91 Å². The highest BCUT2D eigenvalue weighted by Gasteiger charge is 2.20. The first-order valence-corrected chi connectivity index (χ1v) is 5.36. The molecule has 0 spiro atoms. The van der Waals surface area contributed by atoms with Crippen LogP contribution in [0, 0.1) is 0 Å². The second kappa shape index (κ2) is 5.86. The zero-order valence-corrected chi connectivity index (χ0v) is 10.4. The molecule has 0 aromatic heterocycles. The Bertz CT molecular complexity index is 412. The SMILES string of the molecule is COc1ccc(N(C)C(=O)C(N)CO)c(Cl)c1. The molecule has 0 saturated carbocycles. The molecule has 1 aromatic rings. The first-order valence-electron chi connectivity index (χ1n) is 4.98. The molecular weight excluding hydrogens is 244 g/mol. The number of benzene rings is 1. The van der Waals surface area contributed by atoms with Gasteiger partial charge in [-0.1, -0.05) is 11.6 Å². The van der Waals surface area contributed by atoms with E-state index in [1.807, 2.05) is 0 Å². The summed E-state index contributed by atoms with van der Waals surface area (Å²) in [5, 5.41) is 9.21. The van der Waals surface area contributed by atoms with E-state index in [4.69, 9.17) is 27.2 Å². The van der Waals surface area contributed by atoms with Crippen molar-refractivity contribution in [2.75, 3.05) is 25.7 Å². The van der Waals surface area contributed by atoms with Crippen LogP contribution < -0.4 is 15.4 Å². The van der Waals surface area contributed by atoms with Crippen LogP contribution in [0.25, 0.3) is 0 Å². The molecule has 94 valence electrons. The average Bonchev–Trinajstić information content (AvgIpc) is 2.35. The van der Waals surface area contributed by atoms with Crippen LogP contribution >= 0.6 is 11.6 Å². The Morgan fingerprint density at radius 1 is 1.65 bits per heavy atom. The van der Waals surface area contributed by atoms with Gasteiger partial charge in [0.25, 0.3) is 0 Å². The lowest BCUT2D eigenvalue weighted by molar-refractivity contribution is -0.120. The van der Waals surface area contributed by atoms with Crippen molar-refractivity contribution in [2.24, 2.45) is 5.73 Å². The van der Waals surface area contributed by atoms with Gasteiger partial charge in [-0.05, 0) is 12.1 Å². The van der Waals surface area contributed by atoms with Crippen LogP contribution in [0.3, 0.4) is 0 Å². The van der Waals surface area contributed by atoms with Gasteiger partial charge in [-0.3, -0.25) is 4.79 Å². The molecule has 1 amide bonds. The molecule has 0 heterocycles. The number of nitrogens with zero attached hydrogens (tertiary/aromatic N) is 1. The molecule has 0 bridgehead atoms. The summed E-state index contributed by atoms with van der Waals surface area (Å²) < 4.78 is 5.01. The highest BCUT2D eigenvalue weighted by Crippen LogP contribution is 2.29. The van der Waals surface area contributed by atoms with E-state index in [-0.39, 0.29) is 0 Å². The molecule has 0 radical (unpaired) electrons. The molecule has 1 rings (SSSR count). The minimum absolute atomic E-state index is 0.380. The first kappa shape index (κ1) is 13.8. The van der Waals surface area contributed by atoms with E-state index in [9.17, 15) is 4.79 Å². The number of hydrogen-bond donors (Lipinski definition) is 2. The summed E-state index contributed by atoms with van der Waals surface area (Å²) in [4.78, 5) is 13.0. The number of aliphatic hydroxyl groups is 1. The normalized spacial score (nSPS) is 12.1. The summed E-state index contributed by atoms with van der Waals surface area (Å²) in [5.74, 6) is 0.200. The maximum atomic E-state index is 11.7. The monoisotopic (exact) mass is 258 g/mol. The van der Waals surface area contributed by atoms with E-state index in [1.54, 1.807) is 25.2 Å². The van der Waals surface area contributed by atoms with Crippen molar-refractivity contribution in [1.82, 2.24) is 0 Å². The van der Waals surface area contributed by atoms with Gasteiger partial charge in [0, 0.05) is 13.1 Å². The van der Waals surface area contributed by atoms with E-state index in [0.29, 0.717) is 16.5 Å². The fourth-order valence-corrected chi connectivity index (χ4v) is 1.63. The van der Waals surface area contributed by atoms with Gasteiger partial charge in [0.15, 0.2) is 0 Å². The van der Waals surface area contributed by atoms with Crippen LogP contribution in [0.1, 0.15) is 0 Å². The number of halogens is 1. The number of amides is 1. The van der Waals surface area contributed by atoms with E-state index in [0.717, 1.165) is 0 Å². The number of likely N-dealkylation sites (N-methyl/N-ethyl adjacent to an activating group) is 1. The minimum atomic E-state index is -0.946. The molecule has 3 N–H and O–H groups in total. The highest BCUT2D eigenvalue weighted by atomic mass is 35.5. The summed E-state index contributed by atoms with van der Waals surface area (Å²) in [6.45, 7) is -0.406. The summed E-state index contributed by atoms with van der Waals surface area (Å²) in [6, 6.07) is 4.00. The van der Waals surface area contributed by atoms with E-state index >= 15 is 0 Å². The van der Waals surface area contributed by atoms with Gasteiger partial charge < -0.3 is 20.5 Å². The van der Waals surface area contributed by atoms with Crippen LogP contribution in [-0.4, -0.2) is 37.8 Å². The molecule has 5 nitrogen and oxygen atoms in total. The average molecular weight is 259 g/mol. The van der Waals surface area contributed by atoms with Gasteiger partial charge >= 0.3 is 0 Å². The number of anilines is 1. The van der Waals surface area contributed by atoms with Crippen molar-refractivity contribution in [3.63, 3.8) is 0 Å². The molecule has 17 heavy (non-hydrogen) atoms. The maximum absolute atomic E-state index is 11.7. The lowest BCUT2D eigenvalue weighted by Gasteiger charge is -2.21. The third kappa shape index (κ3) is 3.09. The van der Waals surface area contributed by atoms with Crippen LogP contribution in [0.15, 0.2) is 18.2 Å². The number of aliphatic hydroxyl groups excluding tert-OH is 1. The van der Waals surface area contributed by atoms with E-state index < -0.39 is 18.6 Å². The molecule has 6 heteroatoms. The third-order valence-corrected chi connectivity index (χ3v) is 2.66. The third-order valence-electron chi connectivity index (χ3n) is 2.36. The molecule has 1 aromatic carbocycles. The maximum Gasteiger partial charge on any atom is 0.246 e. The Labute approximate surface area is 105 Å². The zero-order chi connectivity index (χ0) is 13.0. The number of ether oxygens (including phenoxy) is 1. The lowest BCUT2D eigenvalue weighted by Crippen LogP contribution is -2.44. The predicted molar refractivity (Wildman–Crippen MR) is 66.5 cm³/mol. The predicted octanol–water partition coefficient (Wildman–Crippen LogP) is 0.631. The molecular formula is C11H15ClN2O3. The Kier molecular flexibility index (Phi) is 4.74. The summed E-state index contributed by atoms with van der Waals surface area (Å²) >= 11 is 6.02. The van der Waals surface area contributed by atoms with Crippen molar-refractivity contribution >= 4 is 23.2 Å². The van der Waals surface area contributed by atoms with Crippen molar-refractivity contribution in [1.29, 1.82) is 0 Å². The van der Waals surface area contributed by atoms with Gasteiger partial charge in [0.1, 0.15) is 11.8 Å².